The molecule has 0 radical (unpaired) electrons. The fourth-order valence-electron chi connectivity index (χ4n) is 1.49. The van der Waals surface area contributed by atoms with Crippen LogP contribution in [0.3, 0.4) is 0 Å². The Morgan fingerprint density at radius 1 is 1.44 bits per heavy atom. The van der Waals surface area contributed by atoms with Crippen molar-refractivity contribution in [1.82, 2.24) is 5.32 Å². The first-order valence-electron chi connectivity index (χ1n) is 4.98. The molecule has 0 saturated heterocycles. The number of nitrogens with one attached hydrogen (secondary N) is 1. The van der Waals surface area contributed by atoms with Crippen LogP contribution in [0.2, 0.25) is 0 Å². The van der Waals surface area contributed by atoms with Crippen molar-refractivity contribution in [2.75, 3.05) is 0 Å². The third kappa shape index (κ3) is 3.40. The summed E-state index contributed by atoms with van der Waals surface area (Å²) in [7, 11) is 0. The van der Waals surface area contributed by atoms with E-state index in [0.29, 0.717) is 12.0 Å². The van der Waals surface area contributed by atoms with Gasteiger partial charge in [0.25, 0.3) is 0 Å². The first kappa shape index (κ1) is 12.3. The Morgan fingerprint density at radius 3 is 2.56 bits per heavy atom. The van der Waals surface area contributed by atoms with Crippen LogP contribution in [0.4, 0.5) is 4.79 Å². The van der Waals surface area contributed by atoms with E-state index in [1.54, 1.807) is 30.3 Å². The second-order valence-electron chi connectivity index (χ2n) is 3.44. The van der Waals surface area contributed by atoms with E-state index in [0.717, 1.165) is 0 Å². The summed E-state index contributed by atoms with van der Waals surface area (Å²) in [6, 6.07) is 8.37. The Balaban J connectivity index is 2.77. The van der Waals surface area contributed by atoms with Gasteiger partial charge in [-0.3, -0.25) is 0 Å². The molecule has 4 heteroatoms. The van der Waals surface area contributed by atoms with Gasteiger partial charge in [0.2, 0.25) is 0 Å². The van der Waals surface area contributed by atoms with Gasteiger partial charge in [-0.1, -0.05) is 36.4 Å². The third-order valence-corrected chi connectivity index (χ3v) is 2.25. The quantitative estimate of drug-likeness (QED) is 0.665. The number of hydrogen-bond acceptors (Lipinski definition) is 2. The Kier molecular flexibility index (Phi) is 4.54. The number of carboxylic acid groups (broad SMARTS) is 1. The number of rotatable bonds is 5. The summed E-state index contributed by atoms with van der Waals surface area (Å²) in [5.74, 6) is 0. The first-order valence-corrected chi connectivity index (χ1v) is 4.98. The highest BCUT2D eigenvalue weighted by molar-refractivity contribution is 5.65. The number of amides is 1. The largest absolute Gasteiger partial charge is 0.465 e. The van der Waals surface area contributed by atoms with Gasteiger partial charge in [0.05, 0.1) is 12.1 Å². The van der Waals surface area contributed by atoms with Crippen LogP contribution in [0.15, 0.2) is 43.0 Å². The topological polar surface area (TPSA) is 69.6 Å². The molecule has 16 heavy (non-hydrogen) atoms. The summed E-state index contributed by atoms with van der Waals surface area (Å²) in [5, 5.41) is 20.9. The van der Waals surface area contributed by atoms with Gasteiger partial charge in [-0.05, 0) is 12.0 Å². The van der Waals surface area contributed by atoms with Crippen LogP contribution in [-0.4, -0.2) is 22.3 Å². The minimum atomic E-state index is -1.15. The molecule has 0 spiro atoms. The molecule has 0 aliphatic heterocycles. The summed E-state index contributed by atoms with van der Waals surface area (Å²) in [6.07, 6.45) is -0.0630. The van der Waals surface area contributed by atoms with Crippen molar-refractivity contribution in [2.45, 2.75) is 18.6 Å². The van der Waals surface area contributed by atoms with E-state index in [9.17, 15) is 9.90 Å². The van der Waals surface area contributed by atoms with Crippen LogP contribution in [0.5, 0.6) is 0 Å². The Labute approximate surface area is 94.2 Å². The van der Waals surface area contributed by atoms with Gasteiger partial charge < -0.3 is 15.5 Å². The molecule has 0 aromatic heterocycles. The molecule has 0 unspecified atom stereocenters. The highest BCUT2D eigenvalue weighted by Gasteiger charge is 2.20. The van der Waals surface area contributed by atoms with Crippen molar-refractivity contribution in [1.29, 1.82) is 0 Å². The molecule has 4 nitrogen and oxygen atoms in total. The van der Waals surface area contributed by atoms with Crippen molar-refractivity contribution >= 4 is 6.09 Å². The van der Waals surface area contributed by atoms with Gasteiger partial charge in [-0.15, -0.1) is 6.58 Å². The lowest BCUT2D eigenvalue weighted by Crippen LogP contribution is -2.38. The summed E-state index contributed by atoms with van der Waals surface area (Å²) in [6.45, 7) is 3.54. The molecular weight excluding hydrogens is 206 g/mol. The molecular formula is C12H15NO3. The number of aliphatic hydroxyl groups is 1. The second-order valence-corrected chi connectivity index (χ2v) is 3.44. The average molecular weight is 221 g/mol. The zero-order valence-electron chi connectivity index (χ0n) is 8.84. The van der Waals surface area contributed by atoms with E-state index in [-0.39, 0.29) is 0 Å². The summed E-state index contributed by atoms with van der Waals surface area (Å²) < 4.78 is 0. The maximum atomic E-state index is 10.6. The molecule has 2 atom stereocenters. The van der Waals surface area contributed by atoms with Gasteiger partial charge >= 0.3 is 6.09 Å². The fraction of sp³-hybridized carbons (Fsp3) is 0.250. The number of benzene rings is 1. The average Bonchev–Trinajstić information content (AvgIpc) is 2.28. The van der Waals surface area contributed by atoms with Crippen molar-refractivity contribution in [3.8, 4) is 0 Å². The maximum absolute atomic E-state index is 10.6. The Morgan fingerprint density at radius 2 is 2.06 bits per heavy atom. The van der Waals surface area contributed by atoms with Gasteiger partial charge in [0.15, 0.2) is 0 Å². The highest BCUT2D eigenvalue weighted by atomic mass is 16.4. The summed E-state index contributed by atoms with van der Waals surface area (Å²) in [5.41, 5.74) is 0.683. The van der Waals surface area contributed by atoms with Crippen LogP contribution in [0.1, 0.15) is 18.1 Å². The minimum absolute atomic E-state index is 0.377. The number of hydrogen-bond donors (Lipinski definition) is 3. The van der Waals surface area contributed by atoms with Crippen LogP contribution in [0.25, 0.3) is 0 Å². The summed E-state index contributed by atoms with van der Waals surface area (Å²) in [4.78, 5) is 10.6. The summed E-state index contributed by atoms with van der Waals surface area (Å²) >= 11 is 0. The second kappa shape index (κ2) is 5.92. The van der Waals surface area contributed by atoms with Crippen molar-refractivity contribution < 1.29 is 15.0 Å². The van der Waals surface area contributed by atoms with E-state index in [1.807, 2.05) is 6.07 Å². The van der Waals surface area contributed by atoms with Crippen LogP contribution in [0, 0.1) is 0 Å². The zero-order chi connectivity index (χ0) is 12.0. The fourth-order valence-corrected chi connectivity index (χ4v) is 1.49. The van der Waals surface area contributed by atoms with Crippen LogP contribution in [-0.2, 0) is 0 Å². The SMILES string of the molecule is C=CC[C@@H](NC(=O)O)[C@@H](O)c1ccccc1. The first-order chi connectivity index (χ1) is 7.65. The molecule has 0 aliphatic rings. The molecule has 0 heterocycles. The predicted octanol–water partition coefficient (Wildman–Crippen LogP) is 1.93. The molecule has 0 bridgehead atoms. The van der Waals surface area contributed by atoms with E-state index in [4.69, 9.17) is 5.11 Å². The van der Waals surface area contributed by atoms with Crippen molar-refractivity contribution in [2.24, 2.45) is 0 Å². The lowest BCUT2D eigenvalue weighted by atomic mass is 10.00. The van der Waals surface area contributed by atoms with Crippen molar-refractivity contribution in [3.63, 3.8) is 0 Å². The number of aliphatic hydroxyl groups excluding tert-OH is 1. The molecule has 86 valence electrons. The third-order valence-electron chi connectivity index (χ3n) is 2.25. The Hall–Kier alpha value is -1.81. The maximum Gasteiger partial charge on any atom is 0.404 e. The molecule has 0 saturated carbocycles. The van der Waals surface area contributed by atoms with Crippen LogP contribution < -0.4 is 5.32 Å². The van der Waals surface area contributed by atoms with Gasteiger partial charge in [0.1, 0.15) is 0 Å². The molecule has 1 aromatic carbocycles. The van der Waals surface area contributed by atoms with Crippen LogP contribution >= 0.6 is 0 Å². The lowest BCUT2D eigenvalue weighted by molar-refractivity contribution is 0.121. The standard InChI is InChI=1S/C12H15NO3/c1-2-6-10(13-12(15)16)11(14)9-7-4-3-5-8-9/h2-5,7-8,10-11,13-14H,1,6H2,(H,15,16)/t10-,11+/m1/s1. The Bertz CT molecular complexity index is 351. The monoisotopic (exact) mass is 221 g/mol. The molecule has 1 amide bonds. The predicted molar refractivity (Wildman–Crippen MR) is 61.2 cm³/mol. The molecule has 0 aliphatic carbocycles. The van der Waals surface area contributed by atoms with E-state index < -0.39 is 18.2 Å². The van der Waals surface area contributed by atoms with Gasteiger partial charge in [-0.2, -0.15) is 0 Å². The van der Waals surface area contributed by atoms with E-state index >= 15 is 0 Å². The molecule has 1 rings (SSSR count). The normalized spacial score (nSPS) is 13.8. The lowest BCUT2D eigenvalue weighted by Gasteiger charge is -2.21. The number of carbonyl (C=O) groups is 1. The minimum Gasteiger partial charge on any atom is -0.465 e. The highest BCUT2D eigenvalue weighted by Crippen LogP contribution is 2.18. The van der Waals surface area contributed by atoms with Gasteiger partial charge in [0, 0.05) is 0 Å². The zero-order valence-corrected chi connectivity index (χ0v) is 8.84. The smallest absolute Gasteiger partial charge is 0.404 e. The molecule has 3 N–H and O–H groups in total. The molecule has 1 aromatic rings. The van der Waals surface area contributed by atoms with Gasteiger partial charge in [-0.25, -0.2) is 4.79 Å². The molecule has 0 fully saturated rings. The van der Waals surface area contributed by atoms with E-state index in [2.05, 4.69) is 11.9 Å². The van der Waals surface area contributed by atoms with Crippen molar-refractivity contribution in [3.05, 3.63) is 48.6 Å². The van der Waals surface area contributed by atoms with E-state index in [1.165, 1.54) is 0 Å².